The number of aliphatic hydroxyl groups excluding tert-OH is 1. The summed E-state index contributed by atoms with van der Waals surface area (Å²) in [5.74, 6) is -0.428. The third kappa shape index (κ3) is 4.94. The van der Waals surface area contributed by atoms with E-state index in [1.807, 2.05) is 0 Å². The number of nitrogens with zero attached hydrogens (tertiary/aromatic N) is 1. The van der Waals surface area contributed by atoms with Gasteiger partial charge in [-0.2, -0.15) is 0 Å². The maximum absolute atomic E-state index is 12.9. The van der Waals surface area contributed by atoms with Gasteiger partial charge in [0.25, 0.3) is 0 Å². The molecular formula is C17H18ClFN2O2. The molecule has 2 aromatic rings. The van der Waals surface area contributed by atoms with Crippen LogP contribution in [0, 0.1) is 5.82 Å². The van der Waals surface area contributed by atoms with Gasteiger partial charge in [-0.05, 0) is 35.4 Å². The van der Waals surface area contributed by atoms with E-state index in [4.69, 9.17) is 16.7 Å². The van der Waals surface area contributed by atoms with E-state index >= 15 is 0 Å². The van der Waals surface area contributed by atoms with E-state index in [0.29, 0.717) is 22.8 Å². The number of rotatable bonds is 6. The van der Waals surface area contributed by atoms with Crippen LogP contribution in [0.4, 0.5) is 10.1 Å². The number of amides is 1. The number of aliphatic hydroxyl groups is 1. The number of benzene rings is 2. The van der Waals surface area contributed by atoms with Crippen molar-refractivity contribution < 1.29 is 14.3 Å². The molecule has 2 N–H and O–H groups in total. The Morgan fingerprint density at radius 2 is 1.87 bits per heavy atom. The summed E-state index contributed by atoms with van der Waals surface area (Å²) in [6.07, 6.45) is 0. The number of hydrogen-bond acceptors (Lipinski definition) is 3. The van der Waals surface area contributed by atoms with Crippen molar-refractivity contribution in [2.75, 3.05) is 18.9 Å². The number of hydrogen-bond donors (Lipinski definition) is 2. The standard InChI is InChI=1S/C17H18ClFN2O2/c1-21(10-12-2-5-14(19)6-3-12)17(23)9-20-16-8-13(11-22)4-7-15(16)18/h2-8,20,22H,9-11H2,1H3. The maximum Gasteiger partial charge on any atom is 0.241 e. The number of carbonyl (C=O) groups excluding carboxylic acids is 1. The van der Waals surface area contributed by atoms with Crippen LogP contribution in [0.25, 0.3) is 0 Å². The average Bonchev–Trinajstić information content (AvgIpc) is 2.55. The monoisotopic (exact) mass is 336 g/mol. The van der Waals surface area contributed by atoms with Gasteiger partial charge >= 0.3 is 0 Å². The van der Waals surface area contributed by atoms with Crippen molar-refractivity contribution in [3.63, 3.8) is 0 Å². The van der Waals surface area contributed by atoms with Crippen LogP contribution < -0.4 is 5.32 Å². The molecule has 1 amide bonds. The molecule has 0 saturated carbocycles. The van der Waals surface area contributed by atoms with E-state index in [0.717, 1.165) is 5.56 Å². The summed E-state index contributed by atoms with van der Waals surface area (Å²) >= 11 is 6.06. The molecular weight excluding hydrogens is 319 g/mol. The Morgan fingerprint density at radius 1 is 1.22 bits per heavy atom. The van der Waals surface area contributed by atoms with Gasteiger partial charge in [0.15, 0.2) is 0 Å². The molecule has 0 aliphatic heterocycles. The van der Waals surface area contributed by atoms with Crippen molar-refractivity contribution in [3.05, 3.63) is 64.4 Å². The van der Waals surface area contributed by atoms with E-state index < -0.39 is 0 Å². The molecule has 6 heteroatoms. The molecule has 0 fully saturated rings. The van der Waals surface area contributed by atoms with E-state index in [9.17, 15) is 9.18 Å². The van der Waals surface area contributed by atoms with Crippen molar-refractivity contribution in [2.24, 2.45) is 0 Å². The highest BCUT2D eigenvalue weighted by Crippen LogP contribution is 2.23. The Hall–Kier alpha value is -2.11. The highest BCUT2D eigenvalue weighted by atomic mass is 35.5. The average molecular weight is 337 g/mol. The Morgan fingerprint density at radius 3 is 2.52 bits per heavy atom. The van der Waals surface area contributed by atoms with Crippen LogP contribution >= 0.6 is 11.6 Å². The third-order valence-electron chi connectivity index (χ3n) is 3.40. The second-order valence-corrected chi connectivity index (χ2v) is 5.61. The van der Waals surface area contributed by atoms with Gasteiger partial charge in [0, 0.05) is 13.6 Å². The highest BCUT2D eigenvalue weighted by Gasteiger charge is 2.10. The summed E-state index contributed by atoms with van der Waals surface area (Å²) in [5.41, 5.74) is 2.16. The molecule has 0 aliphatic rings. The van der Waals surface area contributed by atoms with Crippen molar-refractivity contribution >= 4 is 23.2 Å². The van der Waals surface area contributed by atoms with Crippen LogP contribution in [0.5, 0.6) is 0 Å². The van der Waals surface area contributed by atoms with Gasteiger partial charge < -0.3 is 15.3 Å². The summed E-state index contributed by atoms with van der Waals surface area (Å²) < 4.78 is 12.9. The molecule has 0 heterocycles. The fourth-order valence-corrected chi connectivity index (χ4v) is 2.25. The zero-order valence-corrected chi connectivity index (χ0v) is 13.5. The maximum atomic E-state index is 12.9. The minimum atomic E-state index is -0.303. The molecule has 0 unspecified atom stereocenters. The summed E-state index contributed by atoms with van der Waals surface area (Å²) in [7, 11) is 1.68. The second-order valence-electron chi connectivity index (χ2n) is 5.20. The van der Waals surface area contributed by atoms with Crippen LogP contribution in [0.1, 0.15) is 11.1 Å². The fraction of sp³-hybridized carbons (Fsp3) is 0.235. The minimum Gasteiger partial charge on any atom is -0.392 e. The molecule has 23 heavy (non-hydrogen) atoms. The largest absolute Gasteiger partial charge is 0.392 e. The van der Waals surface area contributed by atoms with Crippen LogP contribution in [-0.4, -0.2) is 29.5 Å². The van der Waals surface area contributed by atoms with Gasteiger partial charge in [0.05, 0.1) is 23.9 Å². The first-order valence-electron chi connectivity index (χ1n) is 7.11. The molecule has 0 aromatic heterocycles. The van der Waals surface area contributed by atoms with Gasteiger partial charge in [0.1, 0.15) is 5.82 Å². The lowest BCUT2D eigenvalue weighted by Gasteiger charge is -2.18. The molecule has 0 spiro atoms. The summed E-state index contributed by atoms with van der Waals surface area (Å²) in [6, 6.07) is 11.1. The molecule has 0 radical (unpaired) electrons. The van der Waals surface area contributed by atoms with Gasteiger partial charge in [-0.3, -0.25) is 4.79 Å². The van der Waals surface area contributed by atoms with Crippen molar-refractivity contribution in [2.45, 2.75) is 13.2 Å². The van der Waals surface area contributed by atoms with Crippen molar-refractivity contribution in [1.29, 1.82) is 0 Å². The summed E-state index contributed by atoms with van der Waals surface area (Å²) in [6.45, 7) is 0.377. The normalized spacial score (nSPS) is 10.4. The molecule has 2 rings (SSSR count). The fourth-order valence-electron chi connectivity index (χ4n) is 2.06. The second kappa shape index (κ2) is 7.94. The number of carbonyl (C=O) groups is 1. The van der Waals surface area contributed by atoms with Gasteiger partial charge in [-0.15, -0.1) is 0 Å². The quantitative estimate of drug-likeness (QED) is 0.852. The lowest BCUT2D eigenvalue weighted by Crippen LogP contribution is -2.31. The molecule has 0 saturated heterocycles. The lowest BCUT2D eigenvalue weighted by molar-refractivity contribution is -0.128. The topological polar surface area (TPSA) is 52.6 Å². The predicted molar refractivity (Wildman–Crippen MR) is 88.7 cm³/mol. The van der Waals surface area contributed by atoms with Crippen molar-refractivity contribution in [3.8, 4) is 0 Å². The third-order valence-corrected chi connectivity index (χ3v) is 3.73. The van der Waals surface area contributed by atoms with Gasteiger partial charge in [0.2, 0.25) is 5.91 Å². The molecule has 122 valence electrons. The molecule has 0 aliphatic carbocycles. The number of anilines is 1. The van der Waals surface area contributed by atoms with E-state index in [1.165, 1.54) is 12.1 Å². The smallest absolute Gasteiger partial charge is 0.241 e. The first kappa shape index (κ1) is 17.2. The molecule has 0 bridgehead atoms. The number of halogens is 2. The lowest BCUT2D eigenvalue weighted by atomic mass is 10.2. The zero-order valence-electron chi connectivity index (χ0n) is 12.7. The van der Waals surface area contributed by atoms with Gasteiger partial charge in [-0.1, -0.05) is 29.8 Å². The highest BCUT2D eigenvalue weighted by molar-refractivity contribution is 6.33. The van der Waals surface area contributed by atoms with Crippen LogP contribution in [-0.2, 0) is 17.9 Å². The Labute approximate surface area is 139 Å². The van der Waals surface area contributed by atoms with Gasteiger partial charge in [-0.25, -0.2) is 4.39 Å². The van der Waals surface area contributed by atoms with Crippen LogP contribution in [0.15, 0.2) is 42.5 Å². The Balaban J connectivity index is 1.92. The van der Waals surface area contributed by atoms with E-state index in [1.54, 1.807) is 42.3 Å². The predicted octanol–water partition coefficient (Wildman–Crippen LogP) is 3.04. The zero-order chi connectivity index (χ0) is 16.8. The Kier molecular flexibility index (Phi) is 5.96. The van der Waals surface area contributed by atoms with E-state index in [-0.39, 0.29) is 24.9 Å². The Bertz CT molecular complexity index is 677. The van der Waals surface area contributed by atoms with Crippen LogP contribution in [0.3, 0.4) is 0 Å². The molecule has 2 aromatic carbocycles. The van der Waals surface area contributed by atoms with Crippen molar-refractivity contribution in [1.82, 2.24) is 4.90 Å². The first-order chi connectivity index (χ1) is 11.0. The number of nitrogens with one attached hydrogen (secondary N) is 1. The summed E-state index contributed by atoms with van der Waals surface area (Å²) in [4.78, 5) is 13.7. The SMILES string of the molecule is CN(Cc1ccc(F)cc1)C(=O)CNc1cc(CO)ccc1Cl. The summed E-state index contributed by atoms with van der Waals surface area (Å²) in [5, 5.41) is 12.6. The molecule has 4 nitrogen and oxygen atoms in total. The minimum absolute atomic E-state index is 0.0757. The van der Waals surface area contributed by atoms with E-state index in [2.05, 4.69) is 5.32 Å². The first-order valence-corrected chi connectivity index (χ1v) is 7.49. The van der Waals surface area contributed by atoms with Crippen LogP contribution in [0.2, 0.25) is 5.02 Å². The molecule has 0 atom stereocenters. The number of likely N-dealkylation sites (N-methyl/N-ethyl adjacent to an activating group) is 1.